The lowest BCUT2D eigenvalue weighted by molar-refractivity contribution is -0.115. The average Bonchev–Trinajstić information content (AvgIpc) is 2.72. The van der Waals surface area contributed by atoms with Gasteiger partial charge in [0, 0.05) is 12.2 Å². The zero-order valence-corrected chi connectivity index (χ0v) is 17.0. The van der Waals surface area contributed by atoms with E-state index in [1.54, 1.807) is 4.90 Å². The predicted molar refractivity (Wildman–Crippen MR) is 119 cm³/mol. The zero-order chi connectivity index (χ0) is 21.7. The Kier molecular flexibility index (Phi) is 6.36. The van der Waals surface area contributed by atoms with Crippen LogP contribution in [0, 0.1) is 6.92 Å². The van der Waals surface area contributed by atoms with E-state index < -0.39 is 11.2 Å². The summed E-state index contributed by atoms with van der Waals surface area (Å²) in [7, 11) is 0. The Bertz CT molecular complexity index is 1130. The van der Waals surface area contributed by atoms with E-state index in [-0.39, 0.29) is 30.5 Å². The molecule has 2 aromatic carbocycles. The molecule has 0 aliphatic rings. The zero-order valence-electron chi connectivity index (χ0n) is 17.0. The third kappa shape index (κ3) is 4.78. The standard InChI is InChI=1S/C22H25N5O3/c1-3-26(14-18(28)24-17-11-9-15(2)10-12-17)19-20(23)27(22(30)25-21(19)29)13-16-7-5-4-6-8-16/h4-12H,3,13-14,23H2,1-2H3,(H,24,28)(H,25,29,30). The topological polar surface area (TPSA) is 113 Å². The SMILES string of the molecule is CCN(CC(=O)Nc1ccc(C)cc1)c1c(N)n(Cc2ccccc2)c(=O)[nH]c1=O. The van der Waals surface area contributed by atoms with Crippen molar-refractivity contribution in [2.24, 2.45) is 0 Å². The van der Waals surface area contributed by atoms with E-state index in [1.807, 2.05) is 68.4 Å². The molecule has 30 heavy (non-hydrogen) atoms. The number of hydrogen-bond acceptors (Lipinski definition) is 5. The van der Waals surface area contributed by atoms with Crippen LogP contribution in [-0.2, 0) is 11.3 Å². The van der Waals surface area contributed by atoms with Crippen molar-refractivity contribution in [1.29, 1.82) is 0 Å². The number of nitrogens with zero attached hydrogens (tertiary/aromatic N) is 2. The number of nitrogens with two attached hydrogens (primary N) is 1. The van der Waals surface area contributed by atoms with Crippen LogP contribution in [0.1, 0.15) is 18.1 Å². The van der Waals surface area contributed by atoms with E-state index in [2.05, 4.69) is 10.3 Å². The van der Waals surface area contributed by atoms with Gasteiger partial charge in [0.05, 0.1) is 13.1 Å². The second-order valence-corrected chi connectivity index (χ2v) is 6.99. The molecule has 0 aliphatic heterocycles. The first-order valence-corrected chi connectivity index (χ1v) is 9.67. The number of aromatic nitrogens is 2. The molecule has 0 fully saturated rings. The lowest BCUT2D eigenvalue weighted by Gasteiger charge is -2.24. The molecule has 0 atom stereocenters. The van der Waals surface area contributed by atoms with Gasteiger partial charge in [-0.1, -0.05) is 48.0 Å². The molecule has 156 valence electrons. The summed E-state index contributed by atoms with van der Waals surface area (Å²) in [4.78, 5) is 41.3. The second-order valence-electron chi connectivity index (χ2n) is 6.99. The summed E-state index contributed by atoms with van der Waals surface area (Å²) in [5, 5.41) is 2.81. The maximum absolute atomic E-state index is 12.5. The number of benzene rings is 2. The van der Waals surface area contributed by atoms with Gasteiger partial charge in [0.15, 0.2) is 0 Å². The van der Waals surface area contributed by atoms with Crippen LogP contribution in [0.15, 0.2) is 64.2 Å². The largest absolute Gasteiger partial charge is 0.383 e. The third-order valence-electron chi connectivity index (χ3n) is 4.77. The summed E-state index contributed by atoms with van der Waals surface area (Å²) in [5.41, 5.74) is 7.73. The Labute approximate surface area is 174 Å². The summed E-state index contributed by atoms with van der Waals surface area (Å²) in [5.74, 6) is -0.266. The molecule has 0 saturated carbocycles. The molecule has 0 aliphatic carbocycles. The molecule has 1 heterocycles. The highest BCUT2D eigenvalue weighted by molar-refractivity contribution is 5.94. The molecule has 3 rings (SSSR count). The van der Waals surface area contributed by atoms with Gasteiger partial charge in [-0.3, -0.25) is 19.1 Å². The van der Waals surface area contributed by atoms with Crippen molar-refractivity contribution < 1.29 is 4.79 Å². The highest BCUT2D eigenvalue weighted by atomic mass is 16.2. The van der Waals surface area contributed by atoms with E-state index in [4.69, 9.17) is 5.73 Å². The van der Waals surface area contributed by atoms with Crippen LogP contribution in [0.4, 0.5) is 17.2 Å². The van der Waals surface area contributed by atoms with Crippen LogP contribution < -0.4 is 27.2 Å². The van der Waals surface area contributed by atoms with Crippen LogP contribution in [0.25, 0.3) is 0 Å². The summed E-state index contributed by atoms with van der Waals surface area (Å²) in [6.45, 7) is 4.26. The number of likely N-dealkylation sites (N-methyl/N-ethyl adjacent to an activating group) is 1. The smallest absolute Gasteiger partial charge is 0.330 e. The van der Waals surface area contributed by atoms with Gasteiger partial charge in [0.25, 0.3) is 5.56 Å². The van der Waals surface area contributed by atoms with E-state index >= 15 is 0 Å². The molecular weight excluding hydrogens is 382 g/mol. The van der Waals surface area contributed by atoms with Crippen LogP contribution in [0.2, 0.25) is 0 Å². The van der Waals surface area contributed by atoms with Crippen LogP contribution in [0.3, 0.4) is 0 Å². The van der Waals surface area contributed by atoms with Crippen molar-refractivity contribution >= 4 is 23.1 Å². The first kappa shape index (κ1) is 20.9. The number of aromatic amines is 1. The monoisotopic (exact) mass is 407 g/mol. The van der Waals surface area contributed by atoms with Gasteiger partial charge in [-0.25, -0.2) is 4.79 Å². The Morgan fingerprint density at radius 1 is 1.10 bits per heavy atom. The lowest BCUT2D eigenvalue weighted by atomic mass is 10.2. The maximum atomic E-state index is 12.5. The number of aryl methyl sites for hydroxylation is 1. The van der Waals surface area contributed by atoms with Crippen LogP contribution >= 0.6 is 0 Å². The predicted octanol–water partition coefficient (Wildman–Crippen LogP) is 1.94. The summed E-state index contributed by atoms with van der Waals surface area (Å²) in [6, 6.07) is 16.7. The molecule has 0 bridgehead atoms. The number of nitrogen functional groups attached to an aromatic ring is 1. The van der Waals surface area contributed by atoms with Gasteiger partial charge < -0.3 is 16.0 Å². The van der Waals surface area contributed by atoms with E-state index in [1.165, 1.54) is 4.57 Å². The van der Waals surface area contributed by atoms with Crippen molar-refractivity contribution in [2.45, 2.75) is 20.4 Å². The highest BCUT2D eigenvalue weighted by Crippen LogP contribution is 2.18. The summed E-state index contributed by atoms with van der Waals surface area (Å²) >= 11 is 0. The quantitative estimate of drug-likeness (QED) is 0.554. The molecule has 0 saturated heterocycles. The lowest BCUT2D eigenvalue weighted by Crippen LogP contribution is -2.41. The molecule has 1 amide bonds. The molecule has 1 aromatic heterocycles. The normalized spacial score (nSPS) is 10.6. The molecule has 0 radical (unpaired) electrons. The van der Waals surface area contributed by atoms with Gasteiger partial charge in [0.1, 0.15) is 11.5 Å². The van der Waals surface area contributed by atoms with E-state index in [0.717, 1.165) is 11.1 Å². The number of anilines is 3. The van der Waals surface area contributed by atoms with Gasteiger partial charge in [0.2, 0.25) is 5.91 Å². The van der Waals surface area contributed by atoms with E-state index in [9.17, 15) is 14.4 Å². The summed E-state index contributed by atoms with van der Waals surface area (Å²) in [6.07, 6.45) is 0. The minimum absolute atomic E-state index is 0.0255. The van der Waals surface area contributed by atoms with Crippen LogP contribution in [0.5, 0.6) is 0 Å². The molecule has 0 unspecified atom stereocenters. The maximum Gasteiger partial charge on any atom is 0.330 e. The fourth-order valence-electron chi connectivity index (χ4n) is 3.17. The third-order valence-corrected chi connectivity index (χ3v) is 4.77. The Hall–Kier alpha value is -3.81. The van der Waals surface area contributed by atoms with Crippen molar-refractivity contribution in [2.75, 3.05) is 29.0 Å². The Morgan fingerprint density at radius 3 is 2.40 bits per heavy atom. The van der Waals surface area contributed by atoms with E-state index in [0.29, 0.717) is 12.2 Å². The van der Waals surface area contributed by atoms with Gasteiger partial charge in [-0.05, 0) is 31.5 Å². The first-order chi connectivity index (χ1) is 14.4. The summed E-state index contributed by atoms with van der Waals surface area (Å²) < 4.78 is 1.30. The molecule has 8 nitrogen and oxygen atoms in total. The fourth-order valence-corrected chi connectivity index (χ4v) is 3.17. The molecular formula is C22H25N5O3. The van der Waals surface area contributed by atoms with Gasteiger partial charge >= 0.3 is 5.69 Å². The number of nitrogens with one attached hydrogen (secondary N) is 2. The first-order valence-electron chi connectivity index (χ1n) is 9.67. The number of rotatable bonds is 7. The Morgan fingerprint density at radius 2 is 1.77 bits per heavy atom. The number of amides is 1. The molecule has 4 N–H and O–H groups in total. The molecule has 8 heteroatoms. The van der Waals surface area contributed by atoms with Crippen LogP contribution in [-0.4, -0.2) is 28.5 Å². The number of carbonyl (C=O) groups is 1. The number of carbonyl (C=O) groups excluding carboxylic acids is 1. The average molecular weight is 407 g/mol. The minimum Gasteiger partial charge on any atom is -0.383 e. The van der Waals surface area contributed by atoms with Gasteiger partial charge in [-0.15, -0.1) is 0 Å². The van der Waals surface area contributed by atoms with Gasteiger partial charge in [-0.2, -0.15) is 0 Å². The number of hydrogen-bond donors (Lipinski definition) is 3. The fraction of sp³-hybridized carbons (Fsp3) is 0.227. The van der Waals surface area contributed by atoms with Crippen molar-refractivity contribution in [3.05, 3.63) is 86.6 Å². The second kappa shape index (κ2) is 9.13. The van der Waals surface area contributed by atoms with Crippen molar-refractivity contribution in [3.63, 3.8) is 0 Å². The highest BCUT2D eigenvalue weighted by Gasteiger charge is 2.20. The van der Waals surface area contributed by atoms with Crippen molar-refractivity contribution in [3.8, 4) is 0 Å². The van der Waals surface area contributed by atoms with Crippen molar-refractivity contribution in [1.82, 2.24) is 9.55 Å². The Balaban J connectivity index is 1.87. The minimum atomic E-state index is -0.619. The molecule has 3 aromatic rings. The molecule has 0 spiro atoms. The number of H-pyrrole nitrogens is 1.